The van der Waals surface area contributed by atoms with E-state index in [2.05, 4.69) is 45.5 Å². The number of carbonyl (C=O) groups excluding carboxylic acids is 1. The normalized spacial score (nSPS) is 15.8. The number of para-hydroxylation sites is 1. The standard InChI is InChI=1S/C19H21N3O2S/c1-4-24-19(23)21-18-20-16-8-6-5-7-15(16)17(25-18)13-9-11-14(12-10-13)22(2)3/h5-12,18H,4H2,1-3H3,(H,21,23). The van der Waals surface area contributed by atoms with Crippen molar-refractivity contribution in [1.29, 1.82) is 0 Å². The Balaban J connectivity index is 1.99. The molecule has 1 atom stereocenters. The molecule has 0 fully saturated rings. The Kier molecular flexibility index (Phi) is 5.28. The number of rotatable bonds is 4. The van der Waals surface area contributed by atoms with Gasteiger partial charge in [-0.15, -0.1) is 0 Å². The highest BCUT2D eigenvalue weighted by Crippen LogP contribution is 2.30. The molecule has 0 spiro atoms. The molecule has 1 unspecified atom stereocenters. The molecule has 0 radical (unpaired) electrons. The smallest absolute Gasteiger partial charge is 0.409 e. The number of nitrogens with zero attached hydrogens (tertiary/aromatic N) is 2. The van der Waals surface area contributed by atoms with Crippen molar-refractivity contribution in [1.82, 2.24) is 5.32 Å². The molecule has 1 aliphatic heterocycles. The van der Waals surface area contributed by atoms with E-state index in [4.69, 9.17) is 4.74 Å². The number of amides is 1. The lowest BCUT2D eigenvalue weighted by Gasteiger charge is -2.20. The maximum atomic E-state index is 11.8. The van der Waals surface area contributed by atoms with Crippen molar-refractivity contribution in [3.8, 4) is 0 Å². The first-order valence-electron chi connectivity index (χ1n) is 8.13. The van der Waals surface area contributed by atoms with Gasteiger partial charge in [0.1, 0.15) is 0 Å². The largest absolute Gasteiger partial charge is 0.450 e. The summed E-state index contributed by atoms with van der Waals surface area (Å²) in [6, 6.07) is 16.3. The van der Waals surface area contributed by atoms with Crippen LogP contribution < -0.4 is 20.8 Å². The van der Waals surface area contributed by atoms with E-state index in [1.807, 2.05) is 32.3 Å². The molecule has 1 heterocycles. The Hall–Kier alpha value is -2.47. The number of benzene rings is 2. The second-order valence-corrected chi connectivity index (χ2v) is 6.84. The minimum atomic E-state index is -0.453. The zero-order valence-corrected chi connectivity index (χ0v) is 15.3. The molecule has 0 bridgehead atoms. The van der Waals surface area contributed by atoms with Crippen LogP contribution in [0.25, 0.3) is 4.91 Å². The minimum Gasteiger partial charge on any atom is -0.450 e. The van der Waals surface area contributed by atoms with Crippen LogP contribution in [0, 0.1) is 0 Å². The van der Waals surface area contributed by atoms with Gasteiger partial charge in [-0.05, 0) is 30.7 Å². The quantitative estimate of drug-likeness (QED) is 0.914. The number of hydrogen-bond acceptors (Lipinski definition) is 5. The van der Waals surface area contributed by atoms with Gasteiger partial charge < -0.3 is 9.64 Å². The first-order chi connectivity index (χ1) is 12.1. The summed E-state index contributed by atoms with van der Waals surface area (Å²) in [5.74, 6) is 0. The van der Waals surface area contributed by atoms with Crippen LogP contribution in [0.4, 0.5) is 10.5 Å². The molecule has 0 saturated carbocycles. The number of fused-ring (bicyclic) bond motifs is 1. The number of alkyl carbamates (subject to hydrolysis) is 1. The monoisotopic (exact) mass is 355 g/mol. The zero-order chi connectivity index (χ0) is 17.8. The number of ether oxygens (including phenoxy) is 1. The molecule has 0 aromatic heterocycles. The molecule has 130 valence electrons. The molecule has 2 aromatic carbocycles. The number of carbonyl (C=O) groups is 1. The fourth-order valence-corrected chi connectivity index (χ4v) is 3.69. The number of thioether (sulfide) groups is 1. The predicted octanol–water partition coefficient (Wildman–Crippen LogP) is 2.31. The lowest BCUT2D eigenvalue weighted by Crippen LogP contribution is -2.39. The van der Waals surface area contributed by atoms with Crippen molar-refractivity contribution in [3.05, 3.63) is 64.7 Å². The molecule has 0 aliphatic carbocycles. The Bertz CT molecular complexity index is 878. The van der Waals surface area contributed by atoms with Gasteiger partial charge in [0.05, 0.1) is 12.0 Å². The molecule has 1 N–H and O–H groups in total. The fourth-order valence-electron chi connectivity index (χ4n) is 2.58. The van der Waals surface area contributed by atoms with Crippen molar-refractivity contribution in [3.63, 3.8) is 0 Å². The summed E-state index contributed by atoms with van der Waals surface area (Å²) >= 11 is 1.52. The zero-order valence-electron chi connectivity index (χ0n) is 14.5. The van der Waals surface area contributed by atoms with Crippen molar-refractivity contribution in [2.75, 3.05) is 25.6 Å². The second-order valence-electron chi connectivity index (χ2n) is 5.75. The van der Waals surface area contributed by atoms with Crippen LogP contribution in [-0.4, -0.2) is 32.3 Å². The van der Waals surface area contributed by atoms with Gasteiger partial charge in [-0.1, -0.05) is 42.1 Å². The predicted molar refractivity (Wildman–Crippen MR) is 102 cm³/mol. The van der Waals surface area contributed by atoms with Gasteiger partial charge in [0, 0.05) is 29.9 Å². The van der Waals surface area contributed by atoms with Gasteiger partial charge in [0.25, 0.3) is 0 Å². The lowest BCUT2D eigenvalue weighted by atomic mass is 10.1. The van der Waals surface area contributed by atoms with Crippen LogP contribution in [0.2, 0.25) is 0 Å². The topological polar surface area (TPSA) is 53.9 Å². The summed E-state index contributed by atoms with van der Waals surface area (Å²) in [5, 5.41) is 4.74. The Labute approximate surface area is 151 Å². The Morgan fingerprint density at radius 3 is 2.60 bits per heavy atom. The summed E-state index contributed by atoms with van der Waals surface area (Å²) in [7, 11) is 4.04. The van der Waals surface area contributed by atoms with Crippen LogP contribution in [0.15, 0.2) is 53.5 Å². The molecular weight excluding hydrogens is 334 g/mol. The summed E-state index contributed by atoms with van der Waals surface area (Å²) < 4.78 is 4.98. The van der Waals surface area contributed by atoms with Crippen LogP contribution in [0.3, 0.4) is 0 Å². The van der Waals surface area contributed by atoms with Crippen LogP contribution >= 0.6 is 11.8 Å². The van der Waals surface area contributed by atoms with E-state index in [0.29, 0.717) is 6.61 Å². The van der Waals surface area contributed by atoms with E-state index in [0.717, 1.165) is 26.7 Å². The van der Waals surface area contributed by atoms with Crippen LogP contribution in [0.5, 0.6) is 0 Å². The average Bonchev–Trinajstić information content (AvgIpc) is 2.61. The van der Waals surface area contributed by atoms with Crippen molar-refractivity contribution in [2.45, 2.75) is 12.4 Å². The molecule has 1 amide bonds. The van der Waals surface area contributed by atoms with Gasteiger partial charge in [0.2, 0.25) is 0 Å². The molecule has 6 heteroatoms. The minimum absolute atomic E-state index is 0.336. The van der Waals surface area contributed by atoms with Crippen LogP contribution in [-0.2, 0) is 4.74 Å². The van der Waals surface area contributed by atoms with E-state index in [9.17, 15) is 4.79 Å². The van der Waals surface area contributed by atoms with Gasteiger partial charge in [0.15, 0.2) is 5.50 Å². The number of anilines is 1. The average molecular weight is 355 g/mol. The SMILES string of the molecule is CCOC(=O)NC1N=c2ccccc2=C(c2ccc(N(C)C)cc2)S1. The third-order valence-corrected chi connectivity index (χ3v) is 4.93. The number of nitrogens with one attached hydrogen (secondary N) is 1. The fraction of sp³-hybridized carbons (Fsp3) is 0.263. The molecule has 0 saturated heterocycles. The molecule has 25 heavy (non-hydrogen) atoms. The summed E-state index contributed by atoms with van der Waals surface area (Å²) in [6.45, 7) is 2.12. The molecule has 3 rings (SSSR count). The first kappa shape index (κ1) is 17.4. The Morgan fingerprint density at radius 1 is 1.20 bits per heavy atom. The Morgan fingerprint density at radius 2 is 1.92 bits per heavy atom. The summed E-state index contributed by atoms with van der Waals surface area (Å²) in [4.78, 5) is 19.5. The van der Waals surface area contributed by atoms with E-state index in [-0.39, 0.29) is 0 Å². The van der Waals surface area contributed by atoms with E-state index >= 15 is 0 Å². The molecule has 1 aliphatic rings. The van der Waals surface area contributed by atoms with Gasteiger partial charge in [-0.25, -0.2) is 9.79 Å². The van der Waals surface area contributed by atoms with E-state index < -0.39 is 11.6 Å². The van der Waals surface area contributed by atoms with E-state index in [1.165, 1.54) is 11.8 Å². The second kappa shape index (κ2) is 7.61. The molecule has 5 nitrogen and oxygen atoms in total. The summed E-state index contributed by atoms with van der Waals surface area (Å²) in [6.07, 6.45) is -0.453. The van der Waals surface area contributed by atoms with Gasteiger partial charge in [-0.3, -0.25) is 5.32 Å². The third-order valence-electron chi connectivity index (χ3n) is 3.80. The maximum absolute atomic E-state index is 11.8. The highest BCUT2D eigenvalue weighted by Gasteiger charge is 2.19. The van der Waals surface area contributed by atoms with E-state index in [1.54, 1.807) is 6.92 Å². The lowest BCUT2D eigenvalue weighted by molar-refractivity contribution is 0.151. The van der Waals surface area contributed by atoms with Gasteiger partial charge in [-0.2, -0.15) is 0 Å². The van der Waals surface area contributed by atoms with Gasteiger partial charge >= 0.3 is 6.09 Å². The number of hydrogen-bond donors (Lipinski definition) is 1. The highest BCUT2D eigenvalue weighted by atomic mass is 32.2. The maximum Gasteiger partial charge on any atom is 0.409 e. The van der Waals surface area contributed by atoms with Crippen molar-refractivity contribution in [2.24, 2.45) is 4.99 Å². The molecular formula is C19H21N3O2S. The van der Waals surface area contributed by atoms with Crippen molar-refractivity contribution < 1.29 is 9.53 Å². The molecule has 2 aromatic rings. The third kappa shape index (κ3) is 3.96. The summed E-state index contributed by atoms with van der Waals surface area (Å²) in [5.41, 5.74) is 1.84. The van der Waals surface area contributed by atoms with Crippen LogP contribution in [0.1, 0.15) is 12.5 Å². The first-order valence-corrected chi connectivity index (χ1v) is 9.01. The highest BCUT2D eigenvalue weighted by molar-refractivity contribution is 8.08. The van der Waals surface area contributed by atoms with Crippen molar-refractivity contribution >= 4 is 28.4 Å².